The molecule has 1 N–H and O–H groups in total. The third-order valence-electron chi connectivity index (χ3n) is 5.09. The summed E-state index contributed by atoms with van der Waals surface area (Å²) in [6, 6.07) is 0. The quantitative estimate of drug-likeness (QED) is 0.799. The number of fused-ring (bicyclic) bond motifs is 1. The smallest absolute Gasteiger partial charge is 0.368 e. The van der Waals surface area contributed by atoms with E-state index in [1.807, 2.05) is 0 Å². The summed E-state index contributed by atoms with van der Waals surface area (Å²) in [4.78, 5) is 13.7. The Bertz CT molecular complexity index is 767. The number of nitrogens with zero attached hydrogens (tertiary/aromatic N) is 4. The number of hydrogen-bond acceptors (Lipinski definition) is 8. The van der Waals surface area contributed by atoms with E-state index in [0.717, 1.165) is 26.2 Å². The second-order valence-electron chi connectivity index (χ2n) is 7.78. The van der Waals surface area contributed by atoms with Crippen LogP contribution < -0.4 is 5.32 Å². The number of halogens is 3. The van der Waals surface area contributed by atoms with Gasteiger partial charge in [-0.3, -0.25) is 9.88 Å². The molecule has 4 rings (SSSR count). The molecule has 0 bridgehead atoms. The Kier molecular flexibility index (Phi) is 5.60. The van der Waals surface area contributed by atoms with E-state index in [-0.39, 0.29) is 18.5 Å². The molecule has 0 amide bonds. The van der Waals surface area contributed by atoms with Crippen LogP contribution in [0.1, 0.15) is 19.5 Å². The van der Waals surface area contributed by atoms with E-state index < -0.39 is 29.9 Å². The molecule has 0 aromatic carbocycles. The predicted molar refractivity (Wildman–Crippen MR) is 97.0 cm³/mol. The normalized spacial score (nSPS) is 31.8. The summed E-state index contributed by atoms with van der Waals surface area (Å²) in [6.45, 7) is 8.11. The molecule has 0 unspecified atom stereocenters. The highest BCUT2D eigenvalue weighted by Crippen LogP contribution is 2.35. The van der Waals surface area contributed by atoms with Crippen molar-refractivity contribution in [2.24, 2.45) is 4.99 Å². The van der Waals surface area contributed by atoms with Crippen LogP contribution >= 0.6 is 0 Å². The molecule has 0 spiro atoms. The SMILES string of the molecule is CC1(C)O[C@@H]2[C@H](O1)C(=Nc1cncc(C(F)(F)F)n1)CO[C@@H]2CN1CCNCC1. The van der Waals surface area contributed by atoms with Crippen molar-refractivity contribution in [1.82, 2.24) is 20.2 Å². The van der Waals surface area contributed by atoms with E-state index in [0.29, 0.717) is 18.5 Å². The molecule has 3 fully saturated rings. The lowest BCUT2D eigenvalue weighted by atomic mass is 10.00. The Labute approximate surface area is 166 Å². The molecule has 11 heteroatoms. The number of nitrogens with one attached hydrogen (secondary N) is 1. The Balaban J connectivity index is 1.55. The van der Waals surface area contributed by atoms with Crippen molar-refractivity contribution in [2.45, 2.75) is 44.1 Å². The molecule has 29 heavy (non-hydrogen) atoms. The maximum Gasteiger partial charge on any atom is 0.434 e. The minimum atomic E-state index is -4.59. The Hall–Kier alpha value is -1.66. The molecular formula is C18H24F3N5O3. The van der Waals surface area contributed by atoms with Crippen LogP contribution in [-0.4, -0.2) is 84.0 Å². The summed E-state index contributed by atoms with van der Waals surface area (Å²) in [5, 5.41) is 3.31. The molecule has 0 saturated carbocycles. The number of aliphatic imine (C=N–C) groups is 1. The number of rotatable bonds is 3. The van der Waals surface area contributed by atoms with E-state index in [1.165, 1.54) is 6.20 Å². The van der Waals surface area contributed by atoms with Crippen LogP contribution in [0.25, 0.3) is 0 Å². The zero-order valence-electron chi connectivity index (χ0n) is 16.3. The molecule has 3 atom stereocenters. The highest BCUT2D eigenvalue weighted by atomic mass is 19.4. The summed E-state index contributed by atoms with van der Waals surface area (Å²) in [5.41, 5.74) is -0.640. The fourth-order valence-corrected chi connectivity index (χ4v) is 3.78. The van der Waals surface area contributed by atoms with Gasteiger partial charge in [0.15, 0.2) is 17.3 Å². The van der Waals surface area contributed by atoms with E-state index in [9.17, 15) is 13.2 Å². The first-order chi connectivity index (χ1) is 13.7. The largest absolute Gasteiger partial charge is 0.434 e. The van der Waals surface area contributed by atoms with Crippen molar-refractivity contribution in [3.05, 3.63) is 18.1 Å². The van der Waals surface area contributed by atoms with Gasteiger partial charge in [0.25, 0.3) is 0 Å². The van der Waals surface area contributed by atoms with Gasteiger partial charge in [-0.15, -0.1) is 0 Å². The number of piperazine rings is 1. The monoisotopic (exact) mass is 415 g/mol. The van der Waals surface area contributed by atoms with Gasteiger partial charge in [0.2, 0.25) is 0 Å². The van der Waals surface area contributed by atoms with E-state index in [1.54, 1.807) is 13.8 Å². The van der Waals surface area contributed by atoms with E-state index >= 15 is 0 Å². The molecule has 0 radical (unpaired) electrons. The number of alkyl halides is 3. The Morgan fingerprint density at radius 3 is 2.72 bits per heavy atom. The van der Waals surface area contributed by atoms with Crippen molar-refractivity contribution in [3.8, 4) is 0 Å². The average molecular weight is 415 g/mol. The lowest BCUT2D eigenvalue weighted by Gasteiger charge is -2.37. The number of hydrogen-bond donors (Lipinski definition) is 1. The molecule has 4 heterocycles. The van der Waals surface area contributed by atoms with Gasteiger partial charge < -0.3 is 19.5 Å². The minimum Gasteiger partial charge on any atom is -0.368 e. The average Bonchev–Trinajstić information content (AvgIpc) is 3.00. The van der Waals surface area contributed by atoms with Crippen LogP contribution in [0.15, 0.2) is 17.4 Å². The lowest BCUT2D eigenvalue weighted by Crippen LogP contribution is -2.55. The molecule has 3 aliphatic rings. The molecule has 1 aromatic rings. The molecule has 3 aliphatic heterocycles. The second kappa shape index (κ2) is 7.88. The molecular weight excluding hydrogens is 391 g/mol. The van der Waals surface area contributed by atoms with Crippen LogP contribution in [0.3, 0.4) is 0 Å². The van der Waals surface area contributed by atoms with Gasteiger partial charge in [-0.2, -0.15) is 13.2 Å². The Morgan fingerprint density at radius 1 is 1.24 bits per heavy atom. The zero-order valence-corrected chi connectivity index (χ0v) is 16.3. The summed E-state index contributed by atoms with van der Waals surface area (Å²) < 4.78 is 56.8. The van der Waals surface area contributed by atoms with Crippen LogP contribution in [0.4, 0.5) is 19.0 Å². The second-order valence-corrected chi connectivity index (χ2v) is 7.78. The predicted octanol–water partition coefficient (Wildman–Crippen LogP) is 1.39. The zero-order chi connectivity index (χ0) is 20.6. The van der Waals surface area contributed by atoms with Crippen LogP contribution in [0.5, 0.6) is 0 Å². The first-order valence-corrected chi connectivity index (χ1v) is 9.58. The third-order valence-corrected chi connectivity index (χ3v) is 5.09. The fraction of sp³-hybridized carbons (Fsp3) is 0.722. The molecule has 8 nitrogen and oxygen atoms in total. The van der Waals surface area contributed by atoms with Gasteiger partial charge in [0.05, 0.1) is 30.8 Å². The third kappa shape index (κ3) is 4.75. The molecule has 160 valence electrons. The molecule has 1 aromatic heterocycles. The standard InChI is InChI=1S/C18H24F3N5O3/c1-17(2)28-15-11(24-14-8-23-7-13(25-14)18(19,20)21)10-27-12(16(15)29-17)9-26-5-3-22-4-6-26/h7-8,12,15-16,22H,3-6,9-10H2,1-2H3/t12-,15-,16+/m1/s1. The lowest BCUT2D eigenvalue weighted by molar-refractivity contribution is -0.155. The van der Waals surface area contributed by atoms with Crippen molar-refractivity contribution < 1.29 is 27.4 Å². The van der Waals surface area contributed by atoms with Gasteiger partial charge >= 0.3 is 6.18 Å². The van der Waals surface area contributed by atoms with Crippen molar-refractivity contribution in [3.63, 3.8) is 0 Å². The van der Waals surface area contributed by atoms with Crippen molar-refractivity contribution >= 4 is 11.5 Å². The summed E-state index contributed by atoms with van der Waals surface area (Å²) in [7, 11) is 0. The summed E-state index contributed by atoms with van der Waals surface area (Å²) >= 11 is 0. The van der Waals surface area contributed by atoms with Crippen molar-refractivity contribution in [1.29, 1.82) is 0 Å². The fourth-order valence-electron chi connectivity index (χ4n) is 3.78. The molecule has 0 aliphatic carbocycles. The van der Waals surface area contributed by atoms with Crippen LogP contribution in [-0.2, 0) is 20.4 Å². The van der Waals surface area contributed by atoms with Gasteiger partial charge in [0.1, 0.15) is 12.2 Å². The number of ether oxygens (including phenoxy) is 3. The van der Waals surface area contributed by atoms with Crippen LogP contribution in [0, 0.1) is 0 Å². The first kappa shape index (κ1) is 20.6. The maximum atomic E-state index is 12.9. The molecule has 3 saturated heterocycles. The van der Waals surface area contributed by atoms with Crippen molar-refractivity contribution in [2.75, 3.05) is 39.3 Å². The highest BCUT2D eigenvalue weighted by Gasteiger charge is 2.51. The van der Waals surface area contributed by atoms with Gasteiger partial charge in [-0.05, 0) is 13.8 Å². The van der Waals surface area contributed by atoms with Crippen LogP contribution in [0.2, 0.25) is 0 Å². The number of aromatic nitrogens is 2. The van der Waals surface area contributed by atoms with Gasteiger partial charge in [-0.25, -0.2) is 9.98 Å². The van der Waals surface area contributed by atoms with E-state index in [2.05, 4.69) is 25.2 Å². The van der Waals surface area contributed by atoms with E-state index in [4.69, 9.17) is 14.2 Å². The topological polar surface area (TPSA) is 81.1 Å². The summed E-state index contributed by atoms with van der Waals surface area (Å²) in [5.74, 6) is -0.976. The summed E-state index contributed by atoms with van der Waals surface area (Å²) in [6.07, 6.45) is -3.85. The first-order valence-electron chi connectivity index (χ1n) is 9.58. The van der Waals surface area contributed by atoms with Gasteiger partial charge in [-0.1, -0.05) is 0 Å². The minimum absolute atomic E-state index is 0.133. The Morgan fingerprint density at radius 2 is 2.00 bits per heavy atom. The highest BCUT2D eigenvalue weighted by molar-refractivity contribution is 5.93. The maximum absolute atomic E-state index is 12.9. The van der Waals surface area contributed by atoms with Gasteiger partial charge in [0, 0.05) is 32.7 Å².